The van der Waals surface area contributed by atoms with Crippen LogP contribution in [0, 0.1) is 5.92 Å². The van der Waals surface area contributed by atoms with E-state index in [1.54, 1.807) is 0 Å². The number of halogens is 1. The molecule has 0 N–H and O–H groups in total. The van der Waals surface area contributed by atoms with Gasteiger partial charge < -0.3 is 9.32 Å². The monoisotopic (exact) mass is 432 g/mol. The zero-order chi connectivity index (χ0) is 18.6. The van der Waals surface area contributed by atoms with Gasteiger partial charge in [0.25, 0.3) is 0 Å². The SMILES string of the molecule is O=C(CC1CCN(Cc2nnc(-c3ccccc3Br)o2)CC1)N1CCCC1. The fourth-order valence-corrected chi connectivity index (χ4v) is 4.40. The van der Waals surface area contributed by atoms with Gasteiger partial charge in [0.1, 0.15) is 0 Å². The Morgan fingerprint density at radius 1 is 1.11 bits per heavy atom. The van der Waals surface area contributed by atoms with Crippen LogP contribution in [0.15, 0.2) is 33.2 Å². The van der Waals surface area contributed by atoms with Crippen LogP contribution in [-0.2, 0) is 11.3 Å². The van der Waals surface area contributed by atoms with Crippen molar-refractivity contribution < 1.29 is 9.21 Å². The van der Waals surface area contributed by atoms with Crippen LogP contribution in [0.5, 0.6) is 0 Å². The Labute approximate surface area is 168 Å². The molecule has 2 fully saturated rings. The summed E-state index contributed by atoms with van der Waals surface area (Å²) in [5.41, 5.74) is 0.912. The number of hydrogen-bond donors (Lipinski definition) is 0. The Morgan fingerprint density at radius 3 is 2.59 bits per heavy atom. The highest BCUT2D eigenvalue weighted by atomic mass is 79.9. The molecule has 2 saturated heterocycles. The smallest absolute Gasteiger partial charge is 0.248 e. The molecule has 7 heteroatoms. The molecule has 4 rings (SSSR count). The molecule has 1 aromatic heterocycles. The fraction of sp³-hybridized carbons (Fsp3) is 0.550. The average Bonchev–Trinajstić information content (AvgIpc) is 3.36. The zero-order valence-electron chi connectivity index (χ0n) is 15.4. The Bertz CT molecular complexity index is 780. The number of carbonyl (C=O) groups is 1. The normalized spacial score (nSPS) is 18.9. The molecular weight excluding hydrogens is 408 g/mol. The number of benzene rings is 1. The molecule has 2 aliphatic heterocycles. The van der Waals surface area contributed by atoms with E-state index in [4.69, 9.17) is 4.42 Å². The van der Waals surface area contributed by atoms with E-state index in [0.717, 1.165) is 61.9 Å². The maximum atomic E-state index is 12.3. The van der Waals surface area contributed by atoms with Crippen molar-refractivity contribution in [3.63, 3.8) is 0 Å². The van der Waals surface area contributed by atoms with Gasteiger partial charge in [0.05, 0.1) is 12.1 Å². The van der Waals surface area contributed by atoms with E-state index in [2.05, 4.69) is 31.0 Å². The number of aromatic nitrogens is 2. The maximum Gasteiger partial charge on any atom is 0.248 e. The lowest BCUT2D eigenvalue weighted by Gasteiger charge is -2.31. The molecule has 0 aliphatic carbocycles. The average molecular weight is 433 g/mol. The van der Waals surface area contributed by atoms with Gasteiger partial charge in [-0.25, -0.2) is 0 Å². The lowest BCUT2D eigenvalue weighted by atomic mass is 9.93. The summed E-state index contributed by atoms with van der Waals surface area (Å²) >= 11 is 3.52. The van der Waals surface area contributed by atoms with Crippen molar-refractivity contribution in [3.05, 3.63) is 34.6 Å². The van der Waals surface area contributed by atoms with E-state index in [1.807, 2.05) is 29.2 Å². The largest absolute Gasteiger partial charge is 0.419 e. The molecule has 0 bridgehead atoms. The number of likely N-dealkylation sites (tertiary alicyclic amines) is 2. The van der Waals surface area contributed by atoms with Crippen molar-refractivity contribution in [2.24, 2.45) is 5.92 Å². The Morgan fingerprint density at radius 2 is 1.85 bits per heavy atom. The first-order valence-corrected chi connectivity index (χ1v) is 10.6. The first-order chi connectivity index (χ1) is 13.2. The van der Waals surface area contributed by atoms with E-state index in [-0.39, 0.29) is 0 Å². The van der Waals surface area contributed by atoms with E-state index < -0.39 is 0 Å². The van der Waals surface area contributed by atoms with Crippen molar-refractivity contribution in [2.75, 3.05) is 26.2 Å². The lowest BCUT2D eigenvalue weighted by molar-refractivity contribution is -0.131. The minimum atomic E-state index is 0.348. The van der Waals surface area contributed by atoms with Crippen molar-refractivity contribution in [1.29, 1.82) is 0 Å². The molecule has 1 amide bonds. The van der Waals surface area contributed by atoms with Crippen molar-refractivity contribution in [3.8, 4) is 11.5 Å². The third kappa shape index (κ3) is 4.58. The van der Waals surface area contributed by atoms with Gasteiger partial charge in [0, 0.05) is 24.0 Å². The second-order valence-electron chi connectivity index (χ2n) is 7.49. The van der Waals surface area contributed by atoms with E-state index in [0.29, 0.717) is 36.6 Å². The molecule has 6 nitrogen and oxygen atoms in total. The second-order valence-corrected chi connectivity index (χ2v) is 8.35. The molecule has 0 atom stereocenters. The number of amides is 1. The van der Waals surface area contributed by atoms with Gasteiger partial charge in [0.2, 0.25) is 17.7 Å². The van der Waals surface area contributed by atoms with Gasteiger partial charge in [0.15, 0.2) is 0 Å². The third-order valence-electron chi connectivity index (χ3n) is 5.56. The molecule has 144 valence electrons. The third-order valence-corrected chi connectivity index (χ3v) is 6.25. The molecule has 0 radical (unpaired) electrons. The van der Waals surface area contributed by atoms with Gasteiger partial charge in [-0.1, -0.05) is 12.1 Å². The van der Waals surface area contributed by atoms with Gasteiger partial charge >= 0.3 is 0 Å². The van der Waals surface area contributed by atoms with Gasteiger partial charge in [-0.05, 0) is 72.8 Å². The number of carbonyl (C=O) groups excluding carboxylic acids is 1. The molecule has 1 aromatic carbocycles. The molecule has 27 heavy (non-hydrogen) atoms. The van der Waals surface area contributed by atoms with Crippen LogP contribution in [-0.4, -0.2) is 52.1 Å². The van der Waals surface area contributed by atoms with E-state index in [9.17, 15) is 4.79 Å². The predicted octanol–water partition coefficient (Wildman–Crippen LogP) is 3.72. The molecular formula is C20H25BrN4O2. The van der Waals surface area contributed by atoms with Crippen molar-refractivity contribution in [2.45, 2.75) is 38.6 Å². The van der Waals surface area contributed by atoms with Crippen LogP contribution in [0.4, 0.5) is 0 Å². The van der Waals surface area contributed by atoms with Crippen LogP contribution in [0.2, 0.25) is 0 Å². The number of nitrogens with zero attached hydrogens (tertiary/aromatic N) is 4. The van der Waals surface area contributed by atoms with Crippen LogP contribution >= 0.6 is 15.9 Å². The highest BCUT2D eigenvalue weighted by Gasteiger charge is 2.26. The number of rotatable bonds is 5. The van der Waals surface area contributed by atoms with Crippen LogP contribution in [0.3, 0.4) is 0 Å². The summed E-state index contributed by atoms with van der Waals surface area (Å²) in [6, 6.07) is 7.85. The zero-order valence-corrected chi connectivity index (χ0v) is 17.0. The molecule has 0 spiro atoms. The van der Waals surface area contributed by atoms with Crippen molar-refractivity contribution in [1.82, 2.24) is 20.0 Å². The summed E-state index contributed by atoms with van der Waals surface area (Å²) in [4.78, 5) is 16.7. The molecule has 2 aliphatic rings. The van der Waals surface area contributed by atoms with Gasteiger partial charge in [-0.15, -0.1) is 10.2 Å². The maximum absolute atomic E-state index is 12.3. The topological polar surface area (TPSA) is 62.5 Å². The number of piperidine rings is 1. The van der Waals surface area contributed by atoms with Crippen LogP contribution in [0.25, 0.3) is 11.5 Å². The highest BCUT2D eigenvalue weighted by Crippen LogP contribution is 2.28. The molecule has 0 saturated carbocycles. The predicted molar refractivity (Wildman–Crippen MR) is 106 cm³/mol. The minimum absolute atomic E-state index is 0.348. The summed E-state index contributed by atoms with van der Waals surface area (Å²) in [6.45, 7) is 4.53. The first-order valence-electron chi connectivity index (χ1n) is 9.76. The molecule has 3 heterocycles. The lowest BCUT2D eigenvalue weighted by Crippen LogP contribution is -2.36. The molecule has 2 aromatic rings. The van der Waals surface area contributed by atoms with Gasteiger partial charge in [-0.3, -0.25) is 9.69 Å². The first kappa shape index (κ1) is 18.6. The summed E-state index contributed by atoms with van der Waals surface area (Å²) in [5.74, 6) is 2.05. The number of hydrogen-bond acceptors (Lipinski definition) is 5. The Hall–Kier alpha value is -1.73. The highest BCUT2D eigenvalue weighted by molar-refractivity contribution is 9.10. The fourth-order valence-electron chi connectivity index (χ4n) is 3.94. The van der Waals surface area contributed by atoms with Crippen LogP contribution in [0.1, 0.15) is 38.0 Å². The standard InChI is InChI=1S/C20H25BrN4O2/c21-17-6-2-1-5-16(17)20-23-22-18(27-20)14-24-11-7-15(8-12-24)13-19(26)25-9-3-4-10-25/h1-2,5-6,15H,3-4,7-14H2. The van der Waals surface area contributed by atoms with E-state index in [1.165, 1.54) is 0 Å². The Kier molecular flexibility index (Phi) is 5.88. The van der Waals surface area contributed by atoms with E-state index >= 15 is 0 Å². The van der Waals surface area contributed by atoms with Crippen molar-refractivity contribution >= 4 is 21.8 Å². The van der Waals surface area contributed by atoms with Gasteiger partial charge in [-0.2, -0.15) is 0 Å². The summed E-state index contributed by atoms with van der Waals surface area (Å²) < 4.78 is 6.81. The van der Waals surface area contributed by atoms with Crippen LogP contribution < -0.4 is 0 Å². The second kappa shape index (κ2) is 8.52. The summed E-state index contributed by atoms with van der Waals surface area (Å²) in [6.07, 6.45) is 5.15. The summed E-state index contributed by atoms with van der Waals surface area (Å²) in [5, 5.41) is 8.40. The quantitative estimate of drug-likeness (QED) is 0.719. The minimum Gasteiger partial charge on any atom is -0.419 e. The summed E-state index contributed by atoms with van der Waals surface area (Å²) in [7, 11) is 0. The Balaban J connectivity index is 1.27. The molecule has 0 unspecified atom stereocenters.